The predicted octanol–water partition coefficient (Wildman–Crippen LogP) is 6.47. The van der Waals surface area contributed by atoms with Crippen LogP contribution >= 0.6 is 0 Å². The van der Waals surface area contributed by atoms with Gasteiger partial charge >= 0.3 is 0 Å². The smallest absolute Gasteiger partial charge is 0.0572 e. The summed E-state index contributed by atoms with van der Waals surface area (Å²) in [4.78, 5) is 0. The van der Waals surface area contributed by atoms with Gasteiger partial charge in [0.1, 0.15) is 0 Å². The summed E-state index contributed by atoms with van der Waals surface area (Å²) in [6.45, 7) is 8.09. The maximum Gasteiger partial charge on any atom is 0.0572 e. The van der Waals surface area contributed by atoms with Crippen LogP contribution < -0.4 is 0 Å². The van der Waals surface area contributed by atoms with Gasteiger partial charge in [-0.25, -0.2) is 10.0 Å². The van der Waals surface area contributed by atoms with Crippen molar-refractivity contribution in [1.29, 1.82) is 0 Å². The van der Waals surface area contributed by atoms with Gasteiger partial charge in [-0.1, -0.05) is 110 Å². The summed E-state index contributed by atoms with van der Waals surface area (Å²) in [6.07, 6.45) is 23.5. The topological polar surface area (TPSA) is 46.9 Å². The van der Waals surface area contributed by atoms with Gasteiger partial charge < -0.3 is 10.2 Å². The van der Waals surface area contributed by atoms with Crippen molar-refractivity contribution in [3.8, 4) is 0 Å². The molecule has 4 nitrogen and oxygen atoms in total. The highest BCUT2D eigenvalue weighted by Crippen LogP contribution is 2.14. The Balaban J connectivity index is -0.00000392. The number of hydrogen-bond donors (Lipinski definition) is 2. The Labute approximate surface area is 192 Å². The lowest BCUT2D eigenvalue weighted by molar-refractivity contribution is -0.0458. The van der Waals surface area contributed by atoms with Crippen LogP contribution in [0, 0.1) is 0 Å². The highest BCUT2D eigenvalue weighted by atomic mass is 19.0. The first-order valence-electron chi connectivity index (χ1n) is 13.0. The first-order valence-corrected chi connectivity index (χ1v) is 13.0. The molecule has 0 unspecified atom stereocenters. The summed E-state index contributed by atoms with van der Waals surface area (Å²) < 4.78 is 0. The van der Waals surface area contributed by atoms with Gasteiger partial charge in [0.15, 0.2) is 0 Å². The van der Waals surface area contributed by atoms with Gasteiger partial charge in [-0.05, 0) is 12.8 Å². The van der Waals surface area contributed by atoms with Crippen LogP contribution in [0.1, 0.15) is 123 Å². The van der Waals surface area contributed by atoms with Crippen LogP contribution in [-0.4, -0.2) is 59.6 Å². The van der Waals surface area contributed by atoms with Gasteiger partial charge in [0.2, 0.25) is 0 Å². The SMILES string of the molecule is CCCCCCCCCCCCCCCCCCN(CCC)N(CCO)CCO.F.F. The molecule has 0 aromatic carbocycles. The Morgan fingerprint density at radius 2 is 0.710 bits per heavy atom. The molecule has 0 saturated carbocycles. The van der Waals surface area contributed by atoms with E-state index in [4.69, 9.17) is 0 Å². The molecule has 0 aromatic rings. The number of aliphatic hydroxyl groups is 2. The zero-order valence-corrected chi connectivity index (χ0v) is 20.9. The van der Waals surface area contributed by atoms with E-state index in [0.29, 0.717) is 13.1 Å². The third-order valence-electron chi connectivity index (χ3n) is 5.87. The van der Waals surface area contributed by atoms with Crippen LogP contribution in [0.2, 0.25) is 0 Å². The average Bonchev–Trinajstić information content (AvgIpc) is 2.72. The number of hydrazine groups is 1. The fourth-order valence-electron chi connectivity index (χ4n) is 4.12. The molecule has 0 heterocycles. The standard InChI is InChI=1S/C25H54N2O2.2FH/c1-3-5-6-7-8-9-10-11-12-13-14-15-16-17-18-19-21-26(20-4-2)27(22-24-28)23-25-29;;/h28-29H,3-25H2,1-2H3;2*1H. The third kappa shape index (κ3) is 24.2. The minimum absolute atomic E-state index is 0. The summed E-state index contributed by atoms with van der Waals surface area (Å²) in [5, 5.41) is 22.9. The van der Waals surface area contributed by atoms with Gasteiger partial charge in [0, 0.05) is 26.2 Å². The Morgan fingerprint density at radius 3 is 1.03 bits per heavy atom. The Kier molecular flexibility index (Phi) is 33.8. The monoisotopic (exact) mass is 454 g/mol. The molecule has 0 bridgehead atoms. The summed E-state index contributed by atoms with van der Waals surface area (Å²) in [7, 11) is 0. The number of nitrogens with zero attached hydrogens (tertiary/aromatic N) is 2. The lowest BCUT2D eigenvalue weighted by atomic mass is 10.0. The first kappa shape index (κ1) is 35.3. The lowest BCUT2D eigenvalue weighted by Crippen LogP contribution is -2.46. The van der Waals surface area contributed by atoms with Gasteiger partial charge in [-0.2, -0.15) is 0 Å². The van der Waals surface area contributed by atoms with E-state index in [9.17, 15) is 10.2 Å². The Hall–Kier alpha value is -0.300. The summed E-state index contributed by atoms with van der Waals surface area (Å²) in [5.74, 6) is 0. The lowest BCUT2D eigenvalue weighted by Gasteiger charge is -2.34. The van der Waals surface area contributed by atoms with Crippen LogP contribution in [0.3, 0.4) is 0 Å². The molecule has 2 N–H and O–H groups in total. The van der Waals surface area contributed by atoms with Gasteiger partial charge in [0.05, 0.1) is 13.2 Å². The highest BCUT2D eigenvalue weighted by molar-refractivity contribution is 4.59. The van der Waals surface area contributed by atoms with Crippen molar-refractivity contribution >= 4 is 0 Å². The second kappa shape index (κ2) is 29.7. The zero-order chi connectivity index (χ0) is 21.4. The van der Waals surface area contributed by atoms with Crippen molar-refractivity contribution in [3.63, 3.8) is 0 Å². The van der Waals surface area contributed by atoms with Crippen molar-refractivity contribution < 1.29 is 19.6 Å². The molecule has 6 heteroatoms. The minimum Gasteiger partial charge on any atom is -0.395 e. The minimum atomic E-state index is 0. The number of halogens is 2. The number of unbranched alkanes of at least 4 members (excludes halogenated alkanes) is 15. The molecular weight excluding hydrogens is 398 g/mol. The van der Waals surface area contributed by atoms with Crippen molar-refractivity contribution in [2.45, 2.75) is 123 Å². The van der Waals surface area contributed by atoms with Crippen molar-refractivity contribution in [1.82, 2.24) is 10.0 Å². The fraction of sp³-hybridized carbons (Fsp3) is 1.00. The first-order chi connectivity index (χ1) is 14.3. The van der Waals surface area contributed by atoms with Gasteiger partial charge in [-0.3, -0.25) is 9.41 Å². The molecule has 0 aliphatic carbocycles. The van der Waals surface area contributed by atoms with E-state index in [1.807, 2.05) is 0 Å². The van der Waals surface area contributed by atoms with E-state index >= 15 is 0 Å². The second-order valence-electron chi connectivity index (χ2n) is 8.66. The molecule has 0 spiro atoms. The van der Waals surface area contributed by atoms with E-state index < -0.39 is 0 Å². The van der Waals surface area contributed by atoms with Gasteiger partial charge in [0.25, 0.3) is 0 Å². The quantitative estimate of drug-likeness (QED) is 0.130. The van der Waals surface area contributed by atoms with Crippen LogP contribution in [0.5, 0.6) is 0 Å². The van der Waals surface area contributed by atoms with E-state index in [-0.39, 0.29) is 22.6 Å². The Morgan fingerprint density at radius 1 is 0.387 bits per heavy atom. The normalized spacial score (nSPS) is 11.0. The molecule has 0 atom stereocenters. The molecule has 0 fully saturated rings. The molecule has 0 saturated heterocycles. The fourth-order valence-corrected chi connectivity index (χ4v) is 4.12. The molecule has 0 aliphatic rings. The van der Waals surface area contributed by atoms with E-state index in [2.05, 4.69) is 23.9 Å². The maximum absolute atomic E-state index is 9.24. The molecule has 192 valence electrons. The van der Waals surface area contributed by atoms with Crippen molar-refractivity contribution in [2.24, 2.45) is 0 Å². The van der Waals surface area contributed by atoms with Crippen LogP contribution in [0.25, 0.3) is 0 Å². The van der Waals surface area contributed by atoms with E-state index in [0.717, 1.165) is 19.5 Å². The van der Waals surface area contributed by atoms with Crippen molar-refractivity contribution in [2.75, 3.05) is 39.4 Å². The van der Waals surface area contributed by atoms with Crippen LogP contribution in [-0.2, 0) is 0 Å². The Bertz CT molecular complexity index is 307. The molecular formula is C25H56F2N2O2. The van der Waals surface area contributed by atoms with E-state index in [1.165, 1.54) is 103 Å². The molecule has 0 rings (SSSR count). The average molecular weight is 455 g/mol. The van der Waals surface area contributed by atoms with Crippen LogP contribution in [0.15, 0.2) is 0 Å². The summed E-state index contributed by atoms with van der Waals surface area (Å²) in [5.41, 5.74) is 0. The highest BCUT2D eigenvalue weighted by Gasteiger charge is 2.13. The predicted molar refractivity (Wildman–Crippen MR) is 132 cm³/mol. The second-order valence-corrected chi connectivity index (χ2v) is 8.66. The van der Waals surface area contributed by atoms with Gasteiger partial charge in [-0.15, -0.1) is 0 Å². The number of hydrogen-bond acceptors (Lipinski definition) is 4. The van der Waals surface area contributed by atoms with Crippen molar-refractivity contribution in [3.05, 3.63) is 0 Å². The molecule has 0 aromatic heterocycles. The summed E-state index contributed by atoms with van der Waals surface area (Å²) in [6, 6.07) is 0. The summed E-state index contributed by atoms with van der Waals surface area (Å²) >= 11 is 0. The zero-order valence-electron chi connectivity index (χ0n) is 20.9. The number of aliphatic hydroxyl groups excluding tert-OH is 2. The van der Waals surface area contributed by atoms with E-state index in [1.54, 1.807) is 0 Å². The molecule has 31 heavy (non-hydrogen) atoms. The largest absolute Gasteiger partial charge is 0.395 e. The molecule has 0 amide bonds. The molecule has 0 aliphatic heterocycles. The molecule has 0 radical (unpaired) electrons. The van der Waals surface area contributed by atoms with Crippen LogP contribution in [0.4, 0.5) is 9.41 Å². The third-order valence-corrected chi connectivity index (χ3v) is 5.87. The maximum atomic E-state index is 9.24. The number of rotatable bonds is 24.